The number of aliphatic carboxylic acids is 1. The van der Waals surface area contributed by atoms with Crippen molar-refractivity contribution in [3.8, 4) is 0 Å². The van der Waals surface area contributed by atoms with Crippen molar-refractivity contribution >= 4 is 17.7 Å². The maximum absolute atomic E-state index is 13.2. The van der Waals surface area contributed by atoms with Gasteiger partial charge in [-0.1, -0.05) is 19.1 Å². The molecule has 0 saturated carbocycles. The monoisotopic (exact) mass is 268 g/mol. The summed E-state index contributed by atoms with van der Waals surface area (Å²) in [5, 5.41) is 13.6. The number of nitrogens with one attached hydrogen (secondary N) is 2. The molecule has 0 aliphatic rings. The number of hydrogen-bond donors (Lipinski definition) is 3. The molecule has 6 heteroatoms. The van der Waals surface area contributed by atoms with E-state index in [1.807, 2.05) is 0 Å². The average Bonchev–Trinajstić information content (AvgIpc) is 2.37. The molecule has 19 heavy (non-hydrogen) atoms. The zero-order valence-corrected chi connectivity index (χ0v) is 10.6. The first-order valence-corrected chi connectivity index (χ1v) is 6.03. The van der Waals surface area contributed by atoms with Crippen LogP contribution in [0.1, 0.15) is 19.8 Å². The van der Waals surface area contributed by atoms with E-state index in [0.29, 0.717) is 19.4 Å². The SMILES string of the molecule is CC(CCCNC(=O)Nc1ccccc1F)C(=O)O. The lowest BCUT2D eigenvalue weighted by Gasteiger charge is -2.09. The minimum Gasteiger partial charge on any atom is -0.481 e. The fraction of sp³-hybridized carbons (Fsp3) is 0.385. The van der Waals surface area contributed by atoms with Gasteiger partial charge in [0.05, 0.1) is 11.6 Å². The molecule has 0 radical (unpaired) electrons. The Kier molecular flexibility index (Phi) is 5.78. The van der Waals surface area contributed by atoms with Crippen molar-refractivity contribution in [3.05, 3.63) is 30.1 Å². The molecule has 0 aliphatic heterocycles. The summed E-state index contributed by atoms with van der Waals surface area (Å²) >= 11 is 0. The van der Waals surface area contributed by atoms with Gasteiger partial charge in [0, 0.05) is 6.54 Å². The van der Waals surface area contributed by atoms with Gasteiger partial charge in [0.25, 0.3) is 0 Å². The number of carbonyl (C=O) groups is 2. The Balaban J connectivity index is 2.26. The molecule has 1 rings (SSSR count). The second kappa shape index (κ2) is 7.35. The number of carboxylic acid groups (broad SMARTS) is 1. The zero-order chi connectivity index (χ0) is 14.3. The Morgan fingerprint density at radius 1 is 1.37 bits per heavy atom. The second-order valence-corrected chi connectivity index (χ2v) is 4.24. The first-order valence-electron chi connectivity index (χ1n) is 6.03. The van der Waals surface area contributed by atoms with Crippen LogP contribution in [0.5, 0.6) is 0 Å². The van der Waals surface area contributed by atoms with Gasteiger partial charge in [-0.3, -0.25) is 4.79 Å². The van der Waals surface area contributed by atoms with E-state index in [1.165, 1.54) is 18.2 Å². The van der Waals surface area contributed by atoms with Gasteiger partial charge < -0.3 is 15.7 Å². The minimum atomic E-state index is -0.851. The van der Waals surface area contributed by atoms with Crippen LogP contribution < -0.4 is 10.6 Å². The summed E-state index contributed by atoms with van der Waals surface area (Å²) in [5.41, 5.74) is 0.110. The molecule has 1 unspecified atom stereocenters. The first kappa shape index (κ1) is 14.9. The number of benzene rings is 1. The van der Waals surface area contributed by atoms with E-state index in [9.17, 15) is 14.0 Å². The number of anilines is 1. The van der Waals surface area contributed by atoms with Crippen molar-refractivity contribution in [2.75, 3.05) is 11.9 Å². The molecular weight excluding hydrogens is 251 g/mol. The van der Waals surface area contributed by atoms with Gasteiger partial charge in [-0.15, -0.1) is 0 Å². The maximum Gasteiger partial charge on any atom is 0.319 e. The number of rotatable bonds is 6. The summed E-state index contributed by atoms with van der Waals surface area (Å²) in [6.07, 6.45) is 1.04. The summed E-state index contributed by atoms with van der Waals surface area (Å²) in [6.45, 7) is 1.96. The van der Waals surface area contributed by atoms with E-state index < -0.39 is 23.7 Å². The van der Waals surface area contributed by atoms with Gasteiger partial charge in [-0.05, 0) is 25.0 Å². The van der Waals surface area contributed by atoms with Crippen molar-refractivity contribution in [2.24, 2.45) is 5.92 Å². The van der Waals surface area contributed by atoms with E-state index >= 15 is 0 Å². The van der Waals surface area contributed by atoms with E-state index in [4.69, 9.17) is 5.11 Å². The highest BCUT2D eigenvalue weighted by Crippen LogP contribution is 2.11. The molecule has 3 N–H and O–H groups in total. The van der Waals surface area contributed by atoms with Crippen LogP contribution in [0.4, 0.5) is 14.9 Å². The lowest BCUT2D eigenvalue weighted by molar-refractivity contribution is -0.141. The highest BCUT2D eigenvalue weighted by atomic mass is 19.1. The van der Waals surface area contributed by atoms with Crippen molar-refractivity contribution in [1.82, 2.24) is 5.32 Å². The van der Waals surface area contributed by atoms with Crippen LogP contribution in [-0.2, 0) is 4.79 Å². The highest BCUT2D eigenvalue weighted by Gasteiger charge is 2.10. The first-order chi connectivity index (χ1) is 9.00. The van der Waals surface area contributed by atoms with Crippen LogP contribution in [0.2, 0.25) is 0 Å². The molecule has 1 aromatic carbocycles. The summed E-state index contributed by atoms with van der Waals surface area (Å²) in [5.74, 6) is -1.79. The molecule has 2 amide bonds. The number of amides is 2. The van der Waals surface area contributed by atoms with Crippen LogP contribution in [0.15, 0.2) is 24.3 Å². The highest BCUT2D eigenvalue weighted by molar-refractivity contribution is 5.89. The smallest absolute Gasteiger partial charge is 0.319 e. The molecule has 0 heterocycles. The molecule has 104 valence electrons. The van der Waals surface area contributed by atoms with Crippen molar-refractivity contribution in [3.63, 3.8) is 0 Å². The summed E-state index contributed by atoms with van der Waals surface area (Å²) < 4.78 is 13.2. The van der Waals surface area contributed by atoms with E-state index in [-0.39, 0.29) is 5.69 Å². The fourth-order valence-corrected chi connectivity index (χ4v) is 1.46. The van der Waals surface area contributed by atoms with E-state index in [1.54, 1.807) is 13.0 Å². The standard InChI is InChI=1S/C13H17FN2O3/c1-9(12(17)18)5-4-8-15-13(19)16-11-7-3-2-6-10(11)14/h2-3,6-7,9H,4-5,8H2,1H3,(H,17,18)(H2,15,16,19). The maximum atomic E-state index is 13.2. The summed E-state index contributed by atoms with van der Waals surface area (Å²) in [4.78, 5) is 22.0. The fourth-order valence-electron chi connectivity index (χ4n) is 1.46. The lowest BCUT2D eigenvalue weighted by Crippen LogP contribution is -2.30. The van der Waals surface area contributed by atoms with E-state index in [2.05, 4.69) is 10.6 Å². The predicted molar refractivity (Wildman–Crippen MR) is 69.5 cm³/mol. The third-order valence-electron chi connectivity index (χ3n) is 2.64. The van der Waals surface area contributed by atoms with Crippen LogP contribution in [0.3, 0.4) is 0 Å². The van der Waals surface area contributed by atoms with Crippen molar-refractivity contribution < 1.29 is 19.1 Å². The van der Waals surface area contributed by atoms with E-state index in [0.717, 1.165) is 0 Å². The quantitative estimate of drug-likeness (QED) is 0.693. The van der Waals surface area contributed by atoms with Gasteiger partial charge >= 0.3 is 12.0 Å². The molecule has 0 bridgehead atoms. The molecule has 5 nitrogen and oxygen atoms in total. The molecule has 0 saturated heterocycles. The van der Waals surface area contributed by atoms with Gasteiger partial charge in [-0.25, -0.2) is 9.18 Å². The number of urea groups is 1. The number of carboxylic acids is 1. The third-order valence-corrected chi connectivity index (χ3v) is 2.64. The van der Waals surface area contributed by atoms with Gasteiger partial charge in [0.2, 0.25) is 0 Å². The van der Waals surface area contributed by atoms with Gasteiger partial charge in [-0.2, -0.15) is 0 Å². The molecule has 0 aliphatic carbocycles. The molecule has 0 aromatic heterocycles. The van der Waals surface area contributed by atoms with Crippen molar-refractivity contribution in [1.29, 1.82) is 0 Å². The Bertz CT molecular complexity index is 451. The molecule has 0 spiro atoms. The van der Waals surface area contributed by atoms with Crippen LogP contribution in [-0.4, -0.2) is 23.7 Å². The number of halogens is 1. The topological polar surface area (TPSA) is 78.4 Å². The van der Waals surface area contributed by atoms with Crippen LogP contribution >= 0.6 is 0 Å². The molecular formula is C13H17FN2O3. The Morgan fingerprint density at radius 2 is 2.05 bits per heavy atom. The predicted octanol–water partition coefficient (Wildman–Crippen LogP) is 2.45. The molecule has 0 fully saturated rings. The van der Waals surface area contributed by atoms with Crippen LogP contribution in [0.25, 0.3) is 0 Å². The number of para-hydroxylation sites is 1. The number of carbonyl (C=O) groups excluding carboxylic acids is 1. The summed E-state index contributed by atoms with van der Waals surface area (Å²) in [6, 6.07) is 5.36. The lowest BCUT2D eigenvalue weighted by atomic mass is 10.1. The summed E-state index contributed by atoms with van der Waals surface area (Å²) in [7, 11) is 0. The average molecular weight is 268 g/mol. The normalized spacial score (nSPS) is 11.7. The Labute approximate surface area is 110 Å². The van der Waals surface area contributed by atoms with Gasteiger partial charge in [0.15, 0.2) is 0 Å². The number of hydrogen-bond acceptors (Lipinski definition) is 2. The largest absolute Gasteiger partial charge is 0.481 e. The molecule has 1 atom stereocenters. The van der Waals surface area contributed by atoms with Gasteiger partial charge in [0.1, 0.15) is 5.82 Å². The Hall–Kier alpha value is -2.11. The molecule has 1 aromatic rings. The zero-order valence-electron chi connectivity index (χ0n) is 10.6. The minimum absolute atomic E-state index is 0.110. The van der Waals surface area contributed by atoms with Crippen molar-refractivity contribution in [2.45, 2.75) is 19.8 Å². The third kappa shape index (κ3) is 5.37. The second-order valence-electron chi connectivity index (χ2n) is 4.24. The van der Waals surface area contributed by atoms with Crippen LogP contribution in [0, 0.1) is 11.7 Å². The Morgan fingerprint density at radius 3 is 2.68 bits per heavy atom.